The van der Waals surface area contributed by atoms with Gasteiger partial charge in [-0.05, 0) is 54.1 Å². The van der Waals surface area contributed by atoms with Gasteiger partial charge in [-0.15, -0.1) is 11.3 Å². The van der Waals surface area contributed by atoms with Gasteiger partial charge >= 0.3 is 0 Å². The van der Waals surface area contributed by atoms with E-state index in [9.17, 15) is 12.8 Å². The fourth-order valence-corrected chi connectivity index (χ4v) is 6.25. The number of anilines is 2. The van der Waals surface area contributed by atoms with Crippen LogP contribution in [0.1, 0.15) is 16.3 Å². The van der Waals surface area contributed by atoms with E-state index in [0.29, 0.717) is 63.1 Å². The largest absolute Gasteiger partial charge is 0.487 e. The zero-order valence-corrected chi connectivity index (χ0v) is 26.8. The molecule has 0 aliphatic carbocycles. The molecule has 6 rings (SSSR count). The number of hydrogen-bond acceptors (Lipinski definition) is 10. The zero-order chi connectivity index (χ0) is 32.8. The molecule has 6 aromatic rings. The lowest BCUT2D eigenvalue weighted by atomic mass is 10.1. The molecule has 0 aliphatic rings. The lowest BCUT2D eigenvalue weighted by Gasteiger charge is -2.12. The molecule has 9 nitrogen and oxygen atoms in total. The van der Waals surface area contributed by atoms with Crippen molar-refractivity contribution < 1.29 is 21.9 Å². The first kappa shape index (κ1) is 32.1. The molecule has 47 heavy (non-hydrogen) atoms. The number of aromatic nitrogens is 4. The van der Waals surface area contributed by atoms with Gasteiger partial charge in [-0.2, -0.15) is 8.42 Å². The highest BCUT2D eigenvalue weighted by molar-refractivity contribution is 7.73. The zero-order valence-electron chi connectivity index (χ0n) is 24.5. The predicted molar refractivity (Wildman–Crippen MR) is 180 cm³/mol. The summed E-state index contributed by atoms with van der Waals surface area (Å²) in [6, 6.07) is 19.3. The highest BCUT2D eigenvalue weighted by Crippen LogP contribution is 2.34. The van der Waals surface area contributed by atoms with Crippen molar-refractivity contribution in [2.45, 2.75) is 13.0 Å². The van der Waals surface area contributed by atoms with Crippen molar-refractivity contribution in [1.29, 1.82) is 0 Å². The highest BCUT2D eigenvalue weighted by Gasteiger charge is 2.15. The number of pyridine rings is 1. The molecule has 2 N–H and O–H groups in total. The maximum absolute atomic E-state index is 15.3. The Morgan fingerprint density at radius 2 is 1.87 bits per heavy atom. The monoisotopic (exact) mass is 690 g/mol. The Balaban J connectivity index is 1.14. The molecule has 3 aromatic heterocycles. The van der Waals surface area contributed by atoms with Crippen molar-refractivity contribution in [2.75, 3.05) is 18.4 Å². The topological polar surface area (TPSA) is 119 Å². The van der Waals surface area contributed by atoms with E-state index < -0.39 is 16.1 Å². The number of fused-ring (bicyclic) bond motifs is 1. The third-order valence-corrected chi connectivity index (χ3v) is 8.94. The summed E-state index contributed by atoms with van der Waals surface area (Å²) in [6.45, 7) is 0.731. The minimum atomic E-state index is -2.41. The van der Waals surface area contributed by atoms with Crippen molar-refractivity contribution in [2.24, 2.45) is 0 Å². The quantitative estimate of drug-likeness (QED) is 0.0828. The maximum Gasteiger partial charge on any atom is 0.220 e. The van der Waals surface area contributed by atoms with E-state index >= 15 is 4.39 Å². The molecule has 0 saturated heterocycles. The number of nitrogens with zero attached hydrogens (tertiary/aromatic N) is 4. The van der Waals surface area contributed by atoms with Crippen LogP contribution in [0.2, 0.25) is 5.02 Å². The molecular weight excluding hydrogens is 666 g/mol. The summed E-state index contributed by atoms with van der Waals surface area (Å²) in [5.74, 6) is 0.0480. The molecular formula is C33H25ClF2N6O3S2. The average molecular weight is 691 g/mol. The van der Waals surface area contributed by atoms with Crippen LogP contribution in [0.4, 0.5) is 20.3 Å². The summed E-state index contributed by atoms with van der Waals surface area (Å²) in [4.78, 5) is 17.5. The van der Waals surface area contributed by atoms with Gasteiger partial charge in [0.25, 0.3) is 0 Å². The number of rotatable bonds is 12. The van der Waals surface area contributed by atoms with E-state index in [1.54, 1.807) is 60.0 Å². The van der Waals surface area contributed by atoms with Crippen molar-refractivity contribution in [3.63, 3.8) is 0 Å². The minimum Gasteiger partial charge on any atom is -0.487 e. The summed E-state index contributed by atoms with van der Waals surface area (Å²) in [5, 5.41) is 9.79. The third-order valence-electron chi connectivity index (χ3n) is 6.98. The Bertz CT molecular complexity index is 2190. The Hall–Kier alpha value is -4.82. The van der Waals surface area contributed by atoms with E-state index in [0.717, 1.165) is 5.01 Å². The van der Waals surface area contributed by atoms with E-state index in [-0.39, 0.29) is 29.4 Å². The van der Waals surface area contributed by atoms with Crippen molar-refractivity contribution >= 4 is 60.5 Å². The fraction of sp³-hybridized carbons (Fsp3) is 0.121. The molecule has 0 radical (unpaired) electrons. The van der Waals surface area contributed by atoms with E-state index in [2.05, 4.69) is 30.6 Å². The molecule has 238 valence electrons. The van der Waals surface area contributed by atoms with Crippen molar-refractivity contribution in [3.8, 4) is 17.0 Å². The van der Waals surface area contributed by atoms with E-state index in [4.69, 9.17) is 16.3 Å². The SMILES string of the molecule is O=S(=O)=C(CNCCc1nc(-c2cc3c(Nc4ccc(OCc5cccc(F)c5)c(Cl)c4)ncnc3cc2F)cs1)c1ccccn1. The molecule has 0 saturated carbocycles. The van der Waals surface area contributed by atoms with Gasteiger partial charge in [0.05, 0.1) is 26.9 Å². The lowest BCUT2D eigenvalue weighted by molar-refractivity contribution is 0.306. The fourth-order valence-electron chi connectivity index (χ4n) is 4.70. The number of hydrogen-bond donors (Lipinski definition) is 2. The Kier molecular flexibility index (Phi) is 10.1. The molecule has 3 aromatic carbocycles. The van der Waals surface area contributed by atoms with Gasteiger partial charge in [0, 0.05) is 53.8 Å². The Morgan fingerprint density at radius 1 is 0.979 bits per heavy atom. The molecule has 0 amide bonds. The molecule has 0 aliphatic heterocycles. The first-order valence-corrected chi connectivity index (χ1v) is 16.6. The lowest BCUT2D eigenvalue weighted by Crippen LogP contribution is -2.26. The van der Waals surface area contributed by atoms with Gasteiger partial charge in [-0.3, -0.25) is 4.98 Å². The highest BCUT2D eigenvalue weighted by atomic mass is 35.5. The van der Waals surface area contributed by atoms with E-state index in [1.165, 1.54) is 42.1 Å². The summed E-state index contributed by atoms with van der Waals surface area (Å²) in [7, 11) is -2.41. The first-order valence-electron chi connectivity index (χ1n) is 14.2. The van der Waals surface area contributed by atoms with Crippen LogP contribution in [0, 0.1) is 11.6 Å². The summed E-state index contributed by atoms with van der Waals surface area (Å²) in [6.07, 6.45) is 3.40. The Labute approximate surface area is 278 Å². The molecule has 0 bridgehead atoms. The maximum atomic E-state index is 15.3. The van der Waals surface area contributed by atoms with Gasteiger partial charge in [0.2, 0.25) is 10.3 Å². The van der Waals surface area contributed by atoms with Crippen LogP contribution in [-0.4, -0.2) is 46.3 Å². The molecule has 0 fully saturated rings. The van der Waals surface area contributed by atoms with Crippen LogP contribution in [-0.2, 0) is 23.3 Å². The molecule has 0 atom stereocenters. The van der Waals surface area contributed by atoms with Gasteiger partial charge in [-0.25, -0.2) is 23.7 Å². The molecule has 14 heteroatoms. The number of ether oxygens (including phenoxy) is 1. The van der Waals surface area contributed by atoms with Crippen LogP contribution in [0.5, 0.6) is 5.75 Å². The second kappa shape index (κ2) is 14.7. The third kappa shape index (κ3) is 7.95. The smallest absolute Gasteiger partial charge is 0.220 e. The molecule has 0 spiro atoms. The van der Waals surface area contributed by atoms with Gasteiger partial charge in [0.15, 0.2) is 0 Å². The van der Waals surface area contributed by atoms with Crippen LogP contribution < -0.4 is 15.4 Å². The number of halogens is 3. The number of benzene rings is 3. The normalized spacial score (nSPS) is 11.0. The van der Waals surface area contributed by atoms with Crippen LogP contribution in [0.3, 0.4) is 0 Å². The number of thiazole rings is 1. The van der Waals surface area contributed by atoms with Crippen LogP contribution in [0.15, 0.2) is 90.7 Å². The first-order chi connectivity index (χ1) is 22.8. The van der Waals surface area contributed by atoms with Gasteiger partial charge in [0.1, 0.15) is 41.0 Å². The second-order valence-corrected chi connectivity index (χ2v) is 12.5. The predicted octanol–water partition coefficient (Wildman–Crippen LogP) is 6.63. The van der Waals surface area contributed by atoms with Crippen LogP contribution in [0.25, 0.3) is 22.2 Å². The standard InChI is InChI=1S/C33H25ClF2N6O3S2/c34-25-13-22(7-8-30(25)45-17-20-4-3-5-21(35)12-20)41-33-24-14-23(26(36)15-28(24)39-19-40-33)29-18-46-32(42-29)9-11-37-16-31(47(43)44)27-6-1-2-10-38-27/h1-8,10,12-15,18-19,37H,9,11,16-17H2,(H,39,40,41). The van der Waals surface area contributed by atoms with Gasteiger partial charge in [-0.1, -0.05) is 29.8 Å². The Morgan fingerprint density at radius 3 is 2.66 bits per heavy atom. The minimum absolute atomic E-state index is 0.121. The average Bonchev–Trinajstić information content (AvgIpc) is 3.53. The van der Waals surface area contributed by atoms with E-state index in [1.807, 2.05) is 0 Å². The summed E-state index contributed by atoms with van der Waals surface area (Å²) >= 11 is 7.86. The van der Waals surface area contributed by atoms with Crippen LogP contribution >= 0.6 is 22.9 Å². The van der Waals surface area contributed by atoms with Crippen molar-refractivity contribution in [1.82, 2.24) is 25.3 Å². The summed E-state index contributed by atoms with van der Waals surface area (Å²) in [5.41, 5.74) is 2.83. The molecule has 3 heterocycles. The van der Waals surface area contributed by atoms with Crippen molar-refractivity contribution in [3.05, 3.63) is 124 Å². The summed E-state index contributed by atoms with van der Waals surface area (Å²) < 4.78 is 57.9. The molecule has 0 unspecified atom stereocenters. The number of nitrogens with one attached hydrogen (secondary N) is 2. The van der Waals surface area contributed by atoms with Gasteiger partial charge < -0.3 is 15.4 Å². The second-order valence-electron chi connectivity index (χ2n) is 10.2.